The molecule has 2 N–H and O–H groups in total. The Morgan fingerprint density at radius 1 is 1.29 bits per heavy atom. The summed E-state index contributed by atoms with van der Waals surface area (Å²) in [5.74, 6) is -2.11. The zero-order valence-electron chi connectivity index (χ0n) is 11.0. The van der Waals surface area contributed by atoms with E-state index in [1.807, 2.05) is 6.92 Å². The van der Waals surface area contributed by atoms with Gasteiger partial charge in [0.1, 0.15) is 17.2 Å². The van der Waals surface area contributed by atoms with Gasteiger partial charge in [-0.15, -0.1) is 0 Å². The van der Waals surface area contributed by atoms with Crippen molar-refractivity contribution < 1.29 is 13.6 Å². The molecular formula is C13H11BrF2N4O. The van der Waals surface area contributed by atoms with Gasteiger partial charge in [0.15, 0.2) is 11.6 Å². The highest BCUT2D eigenvalue weighted by Gasteiger charge is 2.16. The molecule has 1 amide bonds. The van der Waals surface area contributed by atoms with E-state index in [9.17, 15) is 13.6 Å². The Balaban J connectivity index is 2.24. The lowest BCUT2D eigenvalue weighted by Gasteiger charge is -2.08. The summed E-state index contributed by atoms with van der Waals surface area (Å²) in [5, 5.41) is 5.04. The molecular weight excluding hydrogens is 346 g/mol. The van der Waals surface area contributed by atoms with Crippen LogP contribution in [0, 0.1) is 11.6 Å². The van der Waals surface area contributed by atoms with Crippen LogP contribution in [0.2, 0.25) is 0 Å². The lowest BCUT2D eigenvalue weighted by molar-refractivity contribution is 0.102. The molecule has 110 valence electrons. The normalized spacial score (nSPS) is 10.3. The minimum absolute atomic E-state index is 0.0461. The molecule has 8 heteroatoms. The summed E-state index contributed by atoms with van der Waals surface area (Å²) in [6.07, 6.45) is 2.66. The van der Waals surface area contributed by atoms with E-state index in [-0.39, 0.29) is 10.2 Å². The van der Waals surface area contributed by atoms with Gasteiger partial charge < -0.3 is 10.6 Å². The topological polar surface area (TPSA) is 66.9 Å². The second-order valence-electron chi connectivity index (χ2n) is 4.02. The molecule has 0 aliphatic heterocycles. The highest BCUT2D eigenvalue weighted by Crippen LogP contribution is 2.24. The quantitative estimate of drug-likeness (QED) is 0.882. The number of amides is 1. The third-order valence-electron chi connectivity index (χ3n) is 2.47. The molecule has 2 aromatic rings. The fourth-order valence-corrected chi connectivity index (χ4v) is 1.98. The summed E-state index contributed by atoms with van der Waals surface area (Å²) < 4.78 is 27.5. The number of rotatable bonds is 4. The van der Waals surface area contributed by atoms with E-state index in [0.717, 1.165) is 12.1 Å². The Bertz CT molecular complexity index is 658. The molecule has 0 fully saturated rings. The zero-order chi connectivity index (χ0) is 15.4. The number of nitrogens with zero attached hydrogens (tertiary/aromatic N) is 2. The molecule has 0 aliphatic rings. The molecule has 5 nitrogen and oxygen atoms in total. The molecule has 1 heterocycles. The van der Waals surface area contributed by atoms with Crippen LogP contribution in [0.15, 0.2) is 29.0 Å². The number of hydrogen-bond donors (Lipinski definition) is 2. The maximum atomic E-state index is 13.7. The Hall–Kier alpha value is -2.09. The van der Waals surface area contributed by atoms with E-state index in [1.165, 1.54) is 12.4 Å². The molecule has 0 saturated heterocycles. The second-order valence-corrected chi connectivity index (χ2v) is 4.93. The van der Waals surface area contributed by atoms with Crippen molar-refractivity contribution in [2.24, 2.45) is 0 Å². The molecule has 1 aromatic heterocycles. The van der Waals surface area contributed by atoms with Gasteiger partial charge in [-0.2, -0.15) is 0 Å². The number of aromatic nitrogens is 2. The van der Waals surface area contributed by atoms with Gasteiger partial charge in [-0.05, 0) is 19.1 Å². The van der Waals surface area contributed by atoms with Crippen LogP contribution in [0.25, 0.3) is 0 Å². The van der Waals surface area contributed by atoms with Gasteiger partial charge in [0.2, 0.25) is 0 Å². The average Bonchev–Trinajstić information content (AvgIpc) is 2.43. The van der Waals surface area contributed by atoms with Crippen LogP contribution in [0.3, 0.4) is 0 Å². The van der Waals surface area contributed by atoms with Crippen molar-refractivity contribution in [1.29, 1.82) is 0 Å². The summed E-state index contributed by atoms with van der Waals surface area (Å²) in [6.45, 7) is 2.47. The molecule has 2 rings (SSSR count). The van der Waals surface area contributed by atoms with E-state index >= 15 is 0 Å². The Morgan fingerprint density at radius 2 is 1.95 bits per heavy atom. The summed E-state index contributed by atoms with van der Waals surface area (Å²) in [5.41, 5.74) is -0.575. The lowest BCUT2D eigenvalue weighted by atomic mass is 10.2. The predicted molar refractivity (Wildman–Crippen MR) is 78.2 cm³/mol. The molecule has 0 atom stereocenters. The van der Waals surface area contributed by atoms with Crippen LogP contribution in [0.4, 0.5) is 20.3 Å². The van der Waals surface area contributed by atoms with Crippen molar-refractivity contribution >= 4 is 33.3 Å². The van der Waals surface area contributed by atoms with Gasteiger partial charge in [-0.3, -0.25) is 9.78 Å². The van der Waals surface area contributed by atoms with Gasteiger partial charge in [0.05, 0.1) is 12.4 Å². The molecule has 0 aliphatic carbocycles. The minimum atomic E-state index is -0.883. The smallest absolute Gasteiger partial charge is 0.276 e. The molecule has 21 heavy (non-hydrogen) atoms. The fourth-order valence-electron chi connectivity index (χ4n) is 1.58. The third kappa shape index (κ3) is 3.72. The molecule has 0 radical (unpaired) electrons. The van der Waals surface area contributed by atoms with Crippen LogP contribution in [0.1, 0.15) is 17.4 Å². The number of carbonyl (C=O) groups excluding carboxylic acids is 1. The van der Waals surface area contributed by atoms with Gasteiger partial charge in [-0.1, -0.05) is 15.9 Å². The predicted octanol–water partition coefficient (Wildman–Crippen LogP) is 3.20. The number of benzene rings is 1. The van der Waals surface area contributed by atoms with Crippen LogP contribution in [0.5, 0.6) is 0 Å². The third-order valence-corrected chi connectivity index (χ3v) is 2.93. The first-order valence-corrected chi connectivity index (χ1v) is 6.82. The van der Waals surface area contributed by atoms with E-state index in [4.69, 9.17) is 0 Å². The summed E-state index contributed by atoms with van der Waals surface area (Å²) in [7, 11) is 0. The van der Waals surface area contributed by atoms with Crippen molar-refractivity contribution in [1.82, 2.24) is 9.97 Å². The SMILES string of the molecule is CCNc1cncc(C(=O)Nc2c(F)cc(Br)cc2F)n1. The highest BCUT2D eigenvalue weighted by molar-refractivity contribution is 9.10. The van der Waals surface area contributed by atoms with Crippen LogP contribution in [-0.4, -0.2) is 22.4 Å². The van der Waals surface area contributed by atoms with E-state index in [2.05, 4.69) is 36.5 Å². The summed E-state index contributed by atoms with van der Waals surface area (Å²) >= 11 is 2.96. The molecule has 0 bridgehead atoms. The number of halogens is 3. The van der Waals surface area contributed by atoms with E-state index < -0.39 is 23.2 Å². The lowest BCUT2D eigenvalue weighted by Crippen LogP contribution is -2.17. The fraction of sp³-hybridized carbons (Fsp3) is 0.154. The van der Waals surface area contributed by atoms with Crippen molar-refractivity contribution in [3.05, 3.63) is 46.3 Å². The monoisotopic (exact) mass is 356 g/mol. The number of anilines is 2. The second kappa shape index (κ2) is 6.57. The summed E-state index contributed by atoms with van der Waals surface area (Å²) in [6, 6.07) is 2.11. The average molecular weight is 357 g/mol. The maximum absolute atomic E-state index is 13.7. The largest absolute Gasteiger partial charge is 0.369 e. The van der Waals surface area contributed by atoms with Crippen molar-refractivity contribution in [2.45, 2.75) is 6.92 Å². The number of nitrogens with one attached hydrogen (secondary N) is 2. The first-order chi connectivity index (χ1) is 10.0. The number of carbonyl (C=O) groups is 1. The summed E-state index contributed by atoms with van der Waals surface area (Å²) in [4.78, 5) is 19.8. The Labute approximate surface area is 127 Å². The van der Waals surface area contributed by atoms with Gasteiger partial charge >= 0.3 is 0 Å². The highest BCUT2D eigenvalue weighted by atomic mass is 79.9. The zero-order valence-corrected chi connectivity index (χ0v) is 12.5. The van der Waals surface area contributed by atoms with Crippen molar-refractivity contribution in [3.63, 3.8) is 0 Å². The standard InChI is InChI=1S/C13H11BrF2N4O/c1-2-18-11-6-17-5-10(19-11)13(21)20-12-8(15)3-7(14)4-9(12)16/h3-6H,2H2,1H3,(H,18,19)(H,20,21). The minimum Gasteiger partial charge on any atom is -0.369 e. The Kier molecular flexibility index (Phi) is 4.79. The van der Waals surface area contributed by atoms with Gasteiger partial charge in [0, 0.05) is 11.0 Å². The first-order valence-electron chi connectivity index (χ1n) is 6.03. The Morgan fingerprint density at radius 3 is 2.57 bits per heavy atom. The van der Waals surface area contributed by atoms with Crippen molar-refractivity contribution in [2.75, 3.05) is 17.2 Å². The van der Waals surface area contributed by atoms with Gasteiger partial charge in [0.25, 0.3) is 5.91 Å². The molecule has 1 aromatic carbocycles. The van der Waals surface area contributed by atoms with E-state index in [0.29, 0.717) is 12.4 Å². The van der Waals surface area contributed by atoms with Crippen LogP contribution >= 0.6 is 15.9 Å². The van der Waals surface area contributed by atoms with Gasteiger partial charge in [-0.25, -0.2) is 13.8 Å². The van der Waals surface area contributed by atoms with Crippen molar-refractivity contribution in [3.8, 4) is 0 Å². The maximum Gasteiger partial charge on any atom is 0.276 e. The van der Waals surface area contributed by atoms with Crippen LogP contribution < -0.4 is 10.6 Å². The van der Waals surface area contributed by atoms with Crippen LogP contribution in [-0.2, 0) is 0 Å². The molecule has 0 unspecified atom stereocenters. The molecule has 0 saturated carbocycles. The first kappa shape index (κ1) is 15.3. The van der Waals surface area contributed by atoms with E-state index in [1.54, 1.807) is 0 Å². The number of hydrogen-bond acceptors (Lipinski definition) is 4. The molecule has 0 spiro atoms.